The second kappa shape index (κ2) is 11.4. The van der Waals surface area contributed by atoms with Gasteiger partial charge in [-0.3, -0.25) is 4.79 Å². The van der Waals surface area contributed by atoms with Crippen LogP contribution in [0.4, 0.5) is 0 Å². The maximum Gasteiger partial charge on any atom is 0.227 e. The van der Waals surface area contributed by atoms with Crippen molar-refractivity contribution in [2.75, 3.05) is 6.54 Å². The third-order valence-electron chi connectivity index (χ3n) is 7.09. The van der Waals surface area contributed by atoms with Crippen molar-refractivity contribution >= 4 is 16.8 Å². The monoisotopic (exact) mass is 480 g/mol. The van der Waals surface area contributed by atoms with E-state index in [9.17, 15) is 9.90 Å². The normalized spacial score (nSPS) is 15.5. The van der Waals surface area contributed by atoms with Crippen LogP contribution in [0.1, 0.15) is 54.5 Å². The number of hydrogen-bond acceptors (Lipinski definition) is 4. The van der Waals surface area contributed by atoms with Crippen LogP contribution < -0.4 is 10.1 Å². The number of nitrogens with zero attached hydrogens (tertiary/aromatic N) is 1. The van der Waals surface area contributed by atoms with Crippen molar-refractivity contribution in [2.24, 2.45) is 5.92 Å². The summed E-state index contributed by atoms with van der Waals surface area (Å²) in [6.45, 7) is 0.583. The minimum Gasteiger partial charge on any atom is -0.487 e. The van der Waals surface area contributed by atoms with Gasteiger partial charge in [0.05, 0.1) is 23.2 Å². The zero-order valence-corrected chi connectivity index (χ0v) is 20.3. The third kappa shape index (κ3) is 5.74. The van der Waals surface area contributed by atoms with Crippen LogP contribution in [0.3, 0.4) is 0 Å². The molecule has 184 valence electrons. The number of aliphatic hydroxyl groups excluding tert-OH is 1. The van der Waals surface area contributed by atoms with Crippen LogP contribution in [-0.2, 0) is 11.4 Å². The maximum atomic E-state index is 13.3. The molecule has 1 saturated carbocycles. The van der Waals surface area contributed by atoms with Gasteiger partial charge < -0.3 is 15.2 Å². The Bertz CT molecular complexity index is 1280. The summed E-state index contributed by atoms with van der Waals surface area (Å²) >= 11 is 0. The summed E-state index contributed by atoms with van der Waals surface area (Å²) in [6, 6.07) is 29.4. The lowest BCUT2D eigenvalue weighted by Crippen LogP contribution is -2.35. The van der Waals surface area contributed by atoms with E-state index < -0.39 is 6.10 Å². The fraction of sp³-hybridized carbons (Fsp3) is 0.290. The summed E-state index contributed by atoms with van der Waals surface area (Å²) in [4.78, 5) is 18.0. The second-order valence-electron chi connectivity index (χ2n) is 9.55. The van der Waals surface area contributed by atoms with E-state index in [1.54, 1.807) is 0 Å². The Morgan fingerprint density at radius 1 is 0.889 bits per heavy atom. The van der Waals surface area contributed by atoms with E-state index in [0.29, 0.717) is 12.5 Å². The van der Waals surface area contributed by atoms with Gasteiger partial charge in [-0.15, -0.1) is 0 Å². The standard InChI is InChI=1S/C31H32N2O3/c34-29(23-9-2-1-3-10-23)20-32-31(35)30(24-11-4-5-12-24)25-15-18-27(19-16-25)36-21-26-17-14-22-8-6-7-13-28(22)33-26/h1-3,6-10,13-19,24,29-30,34H,4-5,11-12,20-21H2,(H,32,35)/t29?,30-/m0/s1. The molecule has 0 spiro atoms. The number of para-hydroxylation sites is 1. The third-order valence-corrected chi connectivity index (χ3v) is 7.09. The number of nitrogens with one attached hydrogen (secondary N) is 1. The highest BCUT2D eigenvalue weighted by molar-refractivity contribution is 5.84. The van der Waals surface area contributed by atoms with Crippen LogP contribution in [0, 0.1) is 5.92 Å². The molecule has 2 N–H and O–H groups in total. The number of aliphatic hydroxyl groups is 1. The number of amides is 1. The Labute approximate surface area is 212 Å². The van der Waals surface area contributed by atoms with Crippen molar-refractivity contribution in [3.63, 3.8) is 0 Å². The van der Waals surface area contributed by atoms with E-state index >= 15 is 0 Å². The number of hydrogen-bond donors (Lipinski definition) is 2. The van der Waals surface area contributed by atoms with Crippen molar-refractivity contribution in [3.8, 4) is 5.75 Å². The van der Waals surface area contributed by atoms with Gasteiger partial charge in [-0.1, -0.05) is 79.6 Å². The number of rotatable bonds is 9. The number of carbonyl (C=O) groups is 1. The first-order valence-electron chi connectivity index (χ1n) is 12.8. The summed E-state index contributed by atoms with van der Waals surface area (Å²) in [5, 5.41) is 14.6. The molecule has 3 aromatic carbocycles. The molecule has 0 bridgehead atoms. The van der Waals surface area contributed by atoms with Gasteiger partial charge >= 0.3 is 0 Å². The van der Waals surface area contributed by atoms with Crippen LogP contribution in [0.5, 0.6) is 5.75 Å². The Balaban J connectivity index is 1.24. The van der Waals surface area contributed by atoms with Crippen LogP contribution in [0.15, 0.2) is 91.0 Å². The first-order valence-corrected chi connectivity index (χ1v) is 12.8. The molecule has 1 aliphatic rings. The molecule has 2 atom stereocenters. The van der Waals surface area contributed by atoms with Gasteiger partial charge in [-0.05, 0) is 54.2 Å². The van der Waals surface area contributed by atoms with Crippen LogP contribution in [0.25, 0.3) is 10.9 Å². The molecule has 1 fully saturated rings. The number of benzene rings is 3. The first kappa shape index (κ1) is 24.0. The molecule has 1 aliphatic carbocycles. The predicted octanol–water partition coefficient (Wildman–Crippen LogP) is 5.94. The molecule has 0 saturated heterocycles. The largest absolute Gasteiger partial charge is 0.487 e. The van der Waals surface area contributed by atoms with E-state index in [1.807, 2.05) is 84.9 Å². The summed E-state index contributed by atoms with van der Waals surface area (Å²) in [5.74, 6) is 0.809. The summed E-state index contributed by atoms with van der Waals surface area (Å²) in [5.41, 5.74) is 3.62. The zero-order chi connectivity index (χ0) is 24.7. The highest BCUT2D eigenvalue weighted by Crippen LogP contribution is 2.38. The average Bonchev–Trinajstić information content (AvgIpc) is 3.46. The first-order chi connectivity index (χ1) is 17.7. The molecular weight excluding hydrogens is 448 g/mol. The number of pyridine rings is 1. The Hall–Kier alpha value is -3.70. The van der Waals surface area contributed by atoms with E-state index in [-0.39, 0.29) is 18.4 Å². The van der Waals surface area contributed by atoms with Gasteiger partial charge in [-0.25, -0.2) is 4.98 Å². The molecule has 5 nitrogen and oxygen atoms in total. The number of fused-ring (bicyclic) bond motifs is 1. The van der Waals surface area contributed by atoms with Crippen LogP contribution in [-0.4, -0.2) is 22.5 Å². The number of aromatic nitrogens is 1. The van der Waals surface area contributed by atoms with Gasteiger partial charge in [0.15, 0.2) is 0 Å². The molecule has 0 aliphatic heterocycles. The SMILES string of the molecule is O=C(NCC(O)c1ccccc1)[C@H](c1ccc(OCc2ccc3ccccc3n2)cc1)C1CCCC1. The molecule has 0 radical (unpaired) electrons. The van der Waals surface area contributed by atoms with Crippen molar-refractivity contribution in [2.45, 2.75) is 44.3 Å². The van der Waals surface area contributed by atoms with Gasteiger partial charge in [-0.2, -0.15) is 0 Å². The highest BCUT2D eigenvalue weighted by atomic mass is 16.5. The summed E-state index contributed by atoms with van der Waals surface area (Å²) < 4.78 is 5.99. The van der Waals surface area contributed by atoms with E-state index in [2.05, 4.69) is 16.4 Å². The predicted molar refractivity (Wildman–Crippen MR) is 142 cm³/mol. The molecule has 1 unspecified atom stereocenters. The van der Waals surface area contributed by atoms with Gasteiger partial charge in [0, 0.05) is 11.9 Å². The van der Waals surface area contributed by atoms with Crippen molar-refractivity contribution in [3.05, 3.63) is 108 Å². The molecule has 1 heterocycles. The molecule has 5 heteroatoms. The van der Waals surface area contributed by atoms with Crippen molar-refractivity contribution < 1.29 is 14.6 Å². The van der Waals surface area contributed by atoms with Gasteiger partial charge in [0.2, 0.25) is 5.91 Å². The fourth-order valence-corrected chi connectivity index (χ4v) is 5.15. The Morgan fingerprint density at radius 3 is 2.39 bits per heavy atom. The number of ether oxygens (including phenoxy) is 1. The molecular formula is C31H32N2O3. The Morgan fingerprint density at radius 2 is 1.61 bits per heavy atom. The van der Waals surface area contributed by atoms with E-state index in [4.69, 9.17) is 4.74 Å². The molecule has 1 amide bonds. The lowest BCUT2D eigenvalue weighted by Gasteiger charge is -2.24. The van der Waals surface area contributed by atoms with E-state index in [1.165, 1.54) is 0 Å². The lowest BCUT2D eigenvalue weighted by molar-refractivity contribution is -0.124. The topological polar surface area (TPSA) is 71.5 Å². The minimum absolute atomic E-state index is 0.0223. The van der Waals surface area contributed by atoms with Crippen molar-refractivity contribution in [1.29, 1.82) is 0 Å². The number of carbonyl (C=O) groups excluding carboxylic acids is 1. The minimum atomic E-state index is -0.723. The van der Waals surface area contributed by atoms with E-state index in [0.717, 1.165) is 59.2 Å². The molecule has 4 aromatic rings. The zero-order valence-electron chi connectivity index (χ0n) is 20.3. The highest BCUT2D eigenvalue weighted by Gasteiger charge is 2.32. The molecule has 1 aromatic heterocycles. The lowest BCUT2D eigenvalue weighted by atomic mass is 9.84. The molecule has 5 rings (SSSR count). The second-order valence-corrected chi connectivity index (χ2v) is 9.55. The average molecular weight is 481 g/mol. The van der Waals surface area contributed by atoms with Crippen LogP contribution in [0.2, 0.25) is 0 Å². The maximum absolute atomic E-state index is 13.3. The van der Waals surface area contributed by atoms with Crippen molar-refractivity contribution in [1.82, 2.24) is 10.3 Å². The van der Waals surface area contributed by atoms with Gasteiger partial charge in [0.25, 0.3) is 0 Å². The smallest absolute Gasteiger partial charge is 0.227 e. The summed E-state index contributed by atoms with van der Waals surface area (Å²) in [6.07, 6.45) is 3.68. The quantitative estimate of drug-likeness (QED) is 0.311. The summed E-state index contributed by atoms with van der Waals surface area (Å²) in [7, 11) is 0. The van der Waals surface area contributed by atoms with Crippen LogP contribution >= 0.6 is 0 Å². The fourth-order valence-electron chi connectivity index (χ4n) is 5.15. The molecule has 36 heavy (non-hydrogen) atoms. The van der Waals surface area contributed by atoms with Gasteiger partial charge in [0.1, 0.15) is 12.4 Å². The Kier molecular flexibility index (Phi) is 7.58.